The predicted molar refractivity (Wildman–Crippen MR) is 130 cm³/mol. The van der Waals surface area contributed by atoms with Crippen LogP contribution in [-0.2, 0) is 4.74 Å². The summed E-state index contributed by atoms with van der Waals surface area (Å²) in [5.74, 6) is 5.82. The van der Waals surface area contributed by atoms with Gasteiger partial charge in [-0.15, -0.1) is 0 Å². The fourth-order valence-electron chi connectivity index (χ4n) is 9.12. The van der Waals surface area contributed by atoms with Crippen LogP contribution >= 0.6 is 0 Å². The molecule has 0 radical (unpaired) electrons. The lowest BCUT2D eigenvalue weighted by atomic mass is 9.47. The number of hydrogen-bond donors (Lipinski definition) is 1. The number of aliphatic hydroxyl groups excluding tert-OH is 1. The molecule has 178 valence electrons. The molecule has 4 rings (SSSR count). The lowest BCUT2D eigenvalue weighted by Crippen LogP contribution is -2.50. The fraction of sp³-hybridized carbons (Fsp3) is 0.931. The molecule has 4 aliphatic carbocycles. The van der Waals surface area contributed by atoms with Crippen LogP contribution < -0.4 is 0 Å². The Labute approximate surface area is 192 Å². The molecule has 31 heavy (non-hydrogen) atoms. The van der Waals surface area contributed by atoms with E-state index in [-0.39, 0.29) is 6.10 Å². The maximum Gasteiger partial charge on any atom is 0.0577 e. The summed E-state index contributed by atoms with van der Waals surface area (Å²) in [4.78, 5) is 0. The van der Waals surface area contributed by atoms with Crippen LogP contribution in [0, 0.1) is 52.3 Å². The molecular weight excluding hydrogens is 380 g/mol. The van der Waals surface area contributed by atoms with Crippen molar-refractivity contribution in [1.29, 1.82) is 0 Å². The Kier molecular flexibility index (Phi) is 7.01. The maximum atomic E-state index is 10.3. The van der Waals surface area contributed by atoms with E-state index in [1.54, 1.807) is 5.57 Å². The van der Waals surface area contributed by atoms with Gasteiger partial charge >= 0.3 is 0 Å². The molecule has 0 aromatic carbocycles. The summed E-state index contributed by atoms with van der Waals surface area (Å²) in [6.45, 7) is 13.4. The average molecular weight is 431 g/mol. The first-order chi connectivity index (χ1) is 14.7. The Balaban J connectivity index is 1.46. The van der Waals surface area contributed by atoms with Gasteiger partial charge in [-0.05, 0) is 110 Å². The molecule has 3 fully saturated rings. The molecule has 0 aromatic heterocycles. The number of rotatable bonds is 7. The lowest BCUT2D eigenvalue weighted by Gasteiger charge is -2.58. The van der Waals surface area contributed by atoms with E-state index in [4.69, 9.17) is 4.74 Å². The number of fused-ring (bicyclic) bond motifs is 5. The Bertz CT molecular complexity index is 653. The zero-order valence-electron chi connectivity index (χ0n) is 21.3. The first-order valence-electron chi connectivity index (χ1n) is 13.6. The van der Waals surface area contributed by atoms with Gasteiger partial charge in [-0.1, -0.05) is 52.7 Å². The quantitative estimate of drug-likeness (QED) is 0.431. The van der Waals surface area contributed by atoms with E-state index in [0.717, 1.165) is 49.0 Å². The molecule has 3 saturated carbocycles. The van der Waals surface area contributed by atoms with Gasteiger partial charge in [-0.25, -0.2) is 0 Å². The largest absolute Gasteiger partial charge is 0.393 e. The van der Waals surface area contributed by atoms with Crippen LogP contribution in [0.1, 0.15) is 98.8 Å². The first-order valence-corrected chi connectivity index (χ1v) is 13.6. The smallest absolute Gasteiger partial charge is 0.0577 e. The van der Waals surface area contributed by atoms with Gasteiger partial charge in [-0.2, -0.15) is 0 Å². The number of aliphatic hydroxyl groups is 1. The highest BCUT2D eigenvalue weighted by atomic mass is 16.5. The van der Waals surface area contributed by atoms with Crippen LogP contribution in [0.3, 0.4) is 0 Å². The van der Waals surface area contributed by atoms with Gasteiger partial charge in [0, 0.05) is 13.7 Å². The van der Waals surface area contributed by atoms with Gasteiger partial charge in [0.2, 0.25) is 0 Å². The van der Waals surface area contributed by atoms with E-state index in [2.05, 4.69) is 40.7 Å². The van der Waals surface area contributed by atoms with Crippen molar-refractivity contribution in [1.82, 2.24) is 0 Å². The Morgan fingerprint density at radius 3 is 2.52 bits per heavy atom. The summed E-state index contributed by atoms with van der Waals surface area (Å²) in [6.07, 6.45) is 15.4. The van der Waals surface area contributed by atoms with Crippen molar-refractivity contribution in [3.05, 3.63) is 11.6 Å². The lowest BCUT2D eigenvalue weighted by molar-refractivity contribution is -0.0576. The maximum absolute atomic E-state index is 10.3. The predicted octanol–water partition coefficient (Wildman–Crippen LogP) is 7.26. The van der Waals surface area contributed by atoms with Crippen LogP contribution in [0.5, 0.6) is 0 Å². The molecule has 0 bridgehead atoms. The minimum Gasteiger partial charge on any atom is -0.393 e. The molecule has 0 saturated heterocycles. The van der Waals surface area contributed by atoms with Gasteiger partial charge in [0.25, 0.3) is 0 Å². The van der Waals surface area contributed by atoms with E-state index in [0.29, 0.717) is 22.7 Å². The van der Waals surface area contributed by atoms with E-state index >= 15 is 0 Å². The summed E-state index contributed by atoms with van der Waals surface area (Å²) >= 11 is 0. The fourth-order valence-corrected chi connectivity index (χ4v) is 9.12. The molecule has 4 aliphatic rings. The van der Waals surface area contributed by atoms with Crippen molar-refractivity contribution in [2.45, 2.75) is 105 Å². The zero-order chi connectivity index (χ0) is 22.4. The van der Waals surface area contributed by atoms with Gasteiger partial charge in [0.1, 0.15) is 0 Å². The SMILES string of the molecule is COC[C@H](CC[C@@H](C)[C@H]1CC[C@H]2[C@@H]3CC=C4C[C@@H](O)CCC4(C)[C@H]3CC[C@]12C)C(C)C. The van der Waals surface area contributed by atoms with Gasteiger partial charge in [0.05, 0.1) is 6.10 Å². The molecule has 0 aliphatic heterocycles. The Hall–Kier alpha value is -0.340. The normalized spacial score (nSPS) is 44.3. The molecule has 0 aromatic rings. The molecule has 1 N–H and O–H groups in total. The third kappa shape index (κ3) is 4.18. The van der Waals surface area contributed by atoms with Crippen LogP contribution in [0.15, 0.2) is 11.6 Å². The van der Waals surface area contributed by atoms with Crippen molar-refractivity contribution in [2.24, 2.45) is 52.3 Å². The number of hydrogen-bond acceptors (Lipinski definition) is 2. The minimum absolute atomic E-state index is 0.0887. The minimum atomic E-state index is -0.0887. The average Bonchev–Trinajstić information content (AvgIpc) is 3.08. The van der Waals surface area contributed by atoms with Crippen molar-refractivity contribution in [2.75, 3.05) is 13.7 Å². The first kappa shape index (κ1) is 23.8. The number of methoxy groups -OCH3 is 1. The Morgan fingerprint density at radius 2 is 1.81 bits per heavy atom. The summed E-state index contributed by atoms with van der Waals surface area (Å²) in [6, 6.07) is 0. The van der Waals surface area contributed by atoms with E-state index in [9.17, 15) is 5.11 Å². The molecule has 1 unspecified atom stereocenters. The van der Waals surface area contributed by atoms with Crippen LogP contribution in [-0.4, -0.2) is 24.9 Å². The standard InChI is InChI=1S/C29H50O2/c1-19(2)21(18-31-6)8-7-20(3)25-11-12-26-24-10-9-22-17-23(30)13-15-28(22,4)27(24)14-16-29(25,26)5/h9,19-21,23-27,30H,7-8,10-18H2,1-6H3/t20-,21+,23+,24+,25-,26+,27+,28?,29-/m1/s1. The summed E-state index contributed by atoms with van der Waals surface area (Å²) < 4.78 is 5.53. The second kappa shape index (κ2) is 9.13. The summed E-state index contributed by atoms with van der Waals surface area (Å²) in [7, 11) is 1.86. The second-order valence-corrected chi connectivity index (χ2v) is 12.9. The highest BCUT2D eigenvalue weighted by molar-refractivity contribution is 5.25. The molecule has 2 nitrogen and oxygen atoms in total. The molecule has 9 atom stereocenters. The highest BCUT2D eigenvalue weighted by Crippen LogP contribution is 2.67. The molecule has 2 heteroatoms. The molecule has 0 heterocycles. The van der Waals surface area contributed by atoms with Gasteiger partial charge in [-0.3, -0.25) is 0 Å². The van der Waals surface area contributed by atoms with Crippen LogP contribution in [0.4, 0.5) is 0 Å². The van der Waals surface area contributed by atoms with Crippen molar-refractivity contribution in [3.8, 4) is 0 Å². The zero-order valence-corrected chi connectivity index (χ0v) is 21.3. The molecular formula is C29H50O2. The second-order valence-electron chi connectivity index (χ2n) is 12.9. The topological polar surface area (TPSA) is 29.5 Å². The third-order valence-electron chi connectivity index (χ3n) is 11.2. The van der Waals surface area contributed by atoms with E-state index < -0.39 is 0 Å². The van der Waals surface area contributed by atoms with Crippen LogP contribution in [0.25, 0.3) is 0 Å². The van der Waals surface area contributed by atoms with Gasteiger partial charge < -0.3 is 9.84 Å². The van der Waals surface area contributed by atoms with Crippen molar-refractivity contribution < 1.29 is 9.84 Å². The highest BCUT2D eigenvalue weighted by Gasteiger charge is 2.59. The number of allylic oxidation sites excluding steroid dienone is 1. The Morgan fingerprint density at radius 1 is 1.03 bits per heavy atom. The molecule has 0 amide bonds. The van der Waals surface area contributed by atoms with Crippen LogP contribution in [0.2, 0.25) is 0 Å². The van der Waals surface area contributed by atoms with Gasteiger partial charge in [0.15, 0.2) is 0 Å². The molecule has 0 spiro atoms. The van der Waals surface area contributed by atoms with Crippen molar-refractivity contribution >= 4 is 0 Å². The number of ether oxygens (including phenoxy) is 1. The summed E-state index contributed by atoms with van der Waals surface area (Å²) in [5, 5.41) is 10.3. The summed E-state index contributed by atoms with van der Waals surface area (Å²) in [5.41, 5.74) is 2.53. The van der Waals surface area contributed by atoms with Crippen molar-refractivity contribution in [3.63, 3.8) is 0 Å². The van der Waals surface area contributed by atoms with E-state index in [1.807, 2.05) is 7.11 Å². The monoisotopic (exact) mass is 430 g/mol. The van der Waals surface area contributed by atoms with E-state index in [1.165, 1.54) is 51.4 Å². The third-order valence-corrected chi connectivity index (χ3v) is 11.2.